The van der Waals surface area contributed by atoms with Crippen molar-refractivity contribution in [3.63, 3.8) is 0 Å². The molecule has 0 radical (unpaired) electrons. The van der Waals surface area contributed by atoms with Gasteiger partial charge >= 0.3 is 0 Å². The van der Waals surface area contributed by atoms with E-state index >= 15 is 0 Å². The van der Waals surface area contributed by atoms with Crippen LogP contribution in [0.4, 0.5) is 14.5 Å². The van der Waals surface area contributed by atoms with Crippen LogP contribution in [0.1, 0.15) is 12.0 Å². The summed E-state index contributed by atoms with van der Waals surface area (Å²) in [5.74, 6) is 0.117. The zero-order valence-corrected chi connectivity index (χ0v) is 19.4. The van der Waals surface area contributed by atoms with Crippen molar-refractivity contribution in [1.29, 1.82) is 0 Å². The molecule has 0 aromatic heterocycles. The van der Waals surface area contributed by atoms with Crippen LogP contribution in [0.3, 0.4) is 0 Å². The van der Waals surface area contributed by atoms with E-state index in [9.17, 15) is 22.0 Å². The second-order valence-electron chi connectivity index (χ2n) is 7.18. The summed E-state index contributed by atoms with van der Waals surface area (Å²) in [5.41, 5.74) is 1.36. The standard InChI is InChI=1S/C24H24F2N2O3S2/c25-20-7-11-22(12-8-20)28(33(30,31)23-13-9-21(26)10-14-23)17-24(29)27-15-4-16-32-18-19-5-2-1-3-6-19/h1-3,5-14H,4,15-18H2,(H,27,29). The number of carbonyl (C=O) groups is 1. The first kappa shape index (κ1) is 24.7. The molecular formula is C24H24F2N2O3S2. The molecule has 5 nitrogen and oxygen atoms in total. The maximum Gasteiger partial charge on any atom is 0.264 e. The molecule has 174 valence electrons. The summed E-state index contributed by atoms with van der Waals surface area (Å²) in [6.45, 7) is -0.0863. The number of halogens is 2. The number of thioether (sulfide) groups is 1. The quantitative estimate of drug-likeness (QED) is 0.399. The molecule has 0 saturated heterocycles. The largest absolute Gasteiger partial charge is 0.354 e. The Labute approximate surface area is 196 Å². The van der Waals surface area contributed by atoms with Crippen LogP contribution >= 0.6 is 11.8 Å². The molecule has 3 rings (SSSR count). The van der Waals surface area contributed by atoms with Gasteiger partial charge in [0, 0.05) is 12.3 Å². The molecule has 0 spiro atoms. The number of benzene rings is 3. The number of nitrogens with one attached hydrogen (secondary N) is 1. The number of rotatable bonds is 11. The van der Waals surface area contributed by atoms with Gasteiger partial charge in [0.1, 0.15) is 18.2 Å². The molecule has 0 saturated carbocycles. The minimum atomic E-state index is -4.17. The van der Waals surface area contributed by atoms with Crippen molar-refractivity contribution in [2.45, 2.75) is 17.1 Å². The lowest BCUT2D eigenvalue weighted by Crippen LogP contribution is -2.41. The SMILES string of the molecule is O=C(CN(c1ccc(F)cc1)S(=O)(=O)c1ccc(F)cc1)NCCCSCc1ccccc1. The van der Waals surface area contributed by atoms with Crippen LogP contribution in [0, 0.1) is 11.6 Å². The molecule has 0 aliphatic rings. The van der Waals surface area contributed by atoms with Crippen LogP contribution in [0.5, 0.6) is 0 Å². The summed E-state index contributed by atoms with van der Waals surface area (Å²) < 4.78 is 53.8. The molecule has 0 aliphatic heterocycles. The topological polar surface area (TPSA) is 66.5 Å². The first-order valence-corrected chi connectivity index (χ1v) is 12.9. The lowest BCUT2D eigenvalue weighted by Gasteiger charge is -2.24. The van der Waals surface area contributed by atoms with Crippen molar-refractivity contribution in [3.8, 4) is 0 Å². The number of sulfonamides is 1. The fourth-order valence-electron chi connectivity index (χ4n) is 3.01. The lowest BCUT2D eigenvalue weighted by molar-refractivity contribution is -0.119. The molecule has 0 aliphatic carbocycles. The number of hydrogen-bond donors (Lipinski definition) is 1. The van der Waals surface area contributed by atoms with Crippen molar-refractivity contribution in [2.24, 2.45) is 0 Å². The second-order valence-corrected chi connectivity index (χ2v) is 10.2. The maximum atomic E-state index is 13.4. The molecule has 0 unspecified atom stereocenters. The Morgan fingerprint density at radius 1 is 0.879 bits per heavy atom. The normalized spacial score (nSPS) is 11.2. The zero-order valence-electron chi connectivity index (χ0n) is 17.8. The fourth-order valence-corrected chi connectivity index (χ4v) is 5.35. The highest BCUT2D eigenvalue weighted by Crippen LogP contribution is 2.24. The molecule has 1 N–H and O–H groups in total. The summed E-state index contributed by atoms with van der Waals surface area (Å²) in [5, 5.41) is 2.73. The minimum Gasteiger partial charge on any atom is -0.354 e. The third-order valence-corrected chi connectivity index (χ3v) is 7.61. The van der Waals surface area contributed by atoms with E-state index in [4.69, 9.17) is 0 Å². The summed E-state index contributed by atoms with van der Waals surface area (Å²) in [6, 6.07) is 19.2. The van der Waals surface area contributed by atoms with Gasteiger partial charge in [-0.25, -0.2) is 17.2 Å². The van der Waals surface area contributed by atoms with E-state index in [1.807, 2.05) is 18.2 Å². The summed E-state index contributed by atoms with van der Waals surface area (Å²) in [6.07, 6.45) is 0.727. The summed E-state index contributed by atoms with van der Waals surface area (Å²) >= 11 is 1.75. The molecule has 33 heavy (non-hydrogen) atoms. The van der Waals surface area contributed by atoms with Crippen molar-refractivity contribution < 1.29 is 22.0 Å². The van der Waals surface area contributed by atoms with Gasteiger partial charge in [-0.2, -0.15) is 11.8 Å². The van der Waals surface area contributed by atoms with E-state index in [-0.39, 0.29) is 10.6 Å². The Bertz CT molecular complexity index is 1140. The van der Waals surface area contributed by atoms with Gasteiger partial charge in [0.25, 0.3) is 10.0 Å². The van der Waals surface area contributed by atoms with Gasteiger partial charge in [0.15, 0.2) is 0 Å². The van der Waals surface area contributed by atoms with Crippen molar-refractivity contribution >= 4 is 33.4 Å². The summed E-state index contributed by atoms with van der Waals surface area (Å²) in [4.78, 5) is 12.4. The number of carbonyl (C=O) groups excluding carboxylic acids is 1. The first-order chi connectivity index (χ1) is 15.9. The Morgan fingerprint density at radius 3 is 2.12 bits per heavy atom. The summed E-state index contributed by atoms with van der Waals surface area (Å²) in [7, 11) is -4.17. The van der Waals surface area contributed by atoms with Crippen molar-refractivity contribution in [1.82, 2.24) is 5.32 Å². The second kappa shape index (κ2) is 11.8. The molecule has 3 aromatic carbocycles. The third-order valence-electron chi connectivity index (χ3n) is 4.70. The Hall–Kier alpha value is -2.91. The molecule has 0 bridgehead atoms. The van der Waals surface area contributed by atoms with Gasteiger partial charge in [-0.15, -0.1) is 0 Å². The average Bonchev–Trinajstić information content (AvgIpc) is 2.81. The monoisotopic (exact) mass is 490 g/mol. The number of nitrogens with zero attached hydrogens (tertiary/aromatic N) is 1. The van der Waals surface area contributed by atoms with Crippen molar-refractivity contribution in [2.75, 3.05) is 23.1 Å². The van der Waals surface area contributed by atoms with E-state index in [0.717, 1.165) is 58.6 Å². The Kier molecular flexibility index (Phi) is 8.85. The highest BCUT2D eigenvalue weighted by Gasteiger charge is 2.27. The molecule has 0 heterocycles. The van der Waals surface area contributed by atoms with Crippen LogP contribution in [0.2, 0.25) is 0 Å². The molecule has 0 atom stereocenters. The van der Waals surface area contributed by atoms with Gasteiger partial charge in [0.05, 0.1) is 10.6 Å². The van der Waals surface area contributed by atoms with Gasteiger partial charge < -0.3 is 5.32 Å². The number of hydrogen-bond acceptors (Lipinski definition) is 4. The van der Waals surface area contributed by atoms with Crippen LogP contribution < -0.4 is 9.62 Å². The van der Waals surface area contributed by atoms with Crippen LogP contribution in [0.25, 0.3) is 0 Å². The van der Waals surface area contributed by atoms with Gasteiger partial charge in [-0.1, -0.05) is 30.3 Å². The van der Waals surface area contributed by atoms with E-state index in [1.54, 1.807) is 11.8 Å². The minimum absolute atomic E-state index is 0.134. The predicted molar refractivity (Wildman–Crippen MR) is 128 cm³/mol. The van der Waals surface area contributed by atoms with Crippen LogP contribution in [0.15, 0.2) is 83.8 Å². The lowest BCUT2D eigenvalue weighted by atomic mass is 10.2. The average molecular weight is 491 g/mol. The Morgan fingerprint density at radius 2 is 1.48 bits per heavy atom. The van der Waals surface area contributed by atoms with E-state index < -0.39 is 34.1 Å². The first-order valence-electron chi connectivity index (χ1n) is 10.3. The highest BCUT2D eigenvalue weighted by molar-refractivity contribution is 7.98. The molecule has 1 amide bonds. The number of amides is 1. The van der Waals surface area contributed by atoms with Crippen LogP contribution in [-0.2, 0) is 20.6 Å². The zero-order chi connectivity index (χ0) is 23.7. The third kappa shape index (κ3) is 7.30. The van der Waals surface area contributed by atoms with E-state index in [1.165, 1.54) is 17.7 Å². The van der Waals surface area contributed by atoms with Crippen molar-refractivity contribution in [3.05, 3.63) is 96.1 Å². The molecule has 0 fully saturated rings. The predicted octanol–water partition coefficient (Wildman–Crippen LogP) is 4.60. The number of anilines is 1. The van der Waals surface area contributed by atoms with E-state index in [2.05, 4.69) is 17.4 Å². The van der Waals surface area contributed by atoms with Gasteiger partial charge in [-0.3, -0.25) is 9.10 Å². The fraction of sp³-hybridized carbons (Fsp3) is 0.208. The molecular weight excluding hydrogens is 466 g/mol. The molecule has 9 heteroatoms. The smallest absolute Gasteiger partial charge is 0.264 e. The van der Waals surface area contributed by atoms with Crippen LogP contribution in [-0.4, -0.2) is 33.2 Å². The molecule has 3 aromatic rings. The van der Waals surface area contributed by atoms with Gasteiger partial charge in [0.2, 0.25) is 5.91 Å². The van der Waals surface area contributed by atoms with E-state index in [0.29, 0.717) is 6.54 Å². The highest BCUT2D eigenvalue weighted by atomic mass is 32.2. The van der Waals surface area contributed by atoms with Gasteiger partial charge in [-0.05, 0) is 66.3 Å². The Balaban J connectivity index is 1.59. The maximum absolute atomic E-state index is 13.4.